The average Bonchev–Trinajstić information content (AvgIpc) is 3.24. The molecule has 0 fully saturated rings. The molecular formula is C19H13ClF4N6O. The Balaban J connectivity index is 1.80. The summed E-state index contributed by atoms with van der Waals surface area (Å²) < 4.78 is 59.9. The quantitative estimate of drug-likeness (QED) is 0.341. The molecule has 0 amide bonds. The summed E-state index contributed by atoms with van der Waals surface area (Å²) in [4.78, 5) is 11.9. The fourth-order valence-corrected chi connectivity index (χ4v) is 3.19. The average molecular weight is 453 g/mol. The Bertz CT molecular complexity index is 1280. The van der Waals surface area contributed by atoms with Crippen LogP contribution in [0.3, 0.4) is 0 Å². The van der Waals surface area contributed by atoms with E-state index < -0.39 is 29.3 Å². The van der Waals surface area contributed by atoms with Gasteiger partial charge in [0.05, 0.1) is 10.9 Å². The van der Waals surface area contributed by atoms with Gasteiger partial charge in [0, 0.05) is 11.1 Å². The van der Waals surface area contributed by atoms with Crippen molar-refractivity contribution in [2.24, 2.45) is 0 Å². The number of nitrogen functional groups attached to an aromatic ring is 1. The summed E-state index contributed by atoms with van der Waals surface area (Å²) in [6.07, 6.45) is 1.24. The number of fused-ring (bicyclic) bond motifs is 1. The standard InChI is InChI=1S/C19H13ClF4N6O/c1-8(18-28-7-30(29-18)19(23)24)31-12-5-3-10(16-13(12)17(25)27-6-26-16)9-2-4-11(21)14(20)15(9)22/h2-8,19H,1H3,(H2,25,26,27)/t8-/m0/s1. The molecule has 0 aliphatic heterocycles. The van der Waals surface area contributed by atoms with Crippen molar-refractivity contribution >= 4 is 28.3 Å². The van der Waals surface area contributed by atoms with Crippen LogP contribution in [0.5, 0.6) is 5.75 Å². The van der Waals surface area contributed by atoms with Crippen LogP contribution >= 0.6 is 11.6 Å². The highest BCUT2D eigenvalue weighted by Gasteiger charge is 2.21. The molecule has 160 valence electrons. The van der Waals surface area contributed by atoms with E-state index in [2.05, 4.69) is 20.1 Å². The van der Waals surface area contributed by atoms with Crippen LogP contribution in [0.4, 0.5) is 23.4 Å². The molecule has 0 bridgehead atoms. The van der Waals surface area contributed by atoms with Gasteiger partial charge in [-0.1, -0.05) is 11.6 Å². The normalized spacial score (nSPS) is 12.5. The van der Waals surface area contributed by atoms with Crippen molar-refractivity contribution in [1.29, 1.82) is 0 Å². The zero-order valence-electron chi connectivity index (χ0n) is 15.7. The van der Waals surface area contributed by atoms with Crippen molar-refractivity contribution in [2.75, 3.05) is 5.73 Å². The van der Waals surface area contributed by atoms with Gasteiger partial charge in [0.15, 0.2) is 17.7 Å². The number of halogens is 5. The van der Waals surface area contributed by atoms with E-state index in [0.717, 1.165) is 12.4 Å². The monoisotopic (exact) mass is 452 g/mol. The first-order valence-electron chi connectivity index (χ1n) is 8.80. The lowest BCUT2D eigenvalue weighted by Crippen LogP contribution is -2.08. The van der Waals surface area contributed by atoms with Crippen molar-refractivity contribution in [2.45, 2.75) is 19.6 Å². The lowest BCUT2D eigenvalue weighted by atomic mass is 10.0. The van der Waals surface area contributed by atoms with E-state index >= 15 is 0 Å². The van der Waals surface area contributed by atoms with E-state index in [9.17, 15) is 17.6 Å². The maximum atomic E-state index is 14.6. The molecule has 4 rings (SSSR count). The molecule has 2 N–H and O–H groups in total. The molecule has 0 aliphatic carbocycles. The highest BCUT2D eigenvalue weighted by Crippen LogP contribution is 2.39. The largest absolute Gasteiger partial charge is 0.482 e. The third-order valence-electron chi connectivity index (χ3n) is 4.50. The minimum atomic E-state index is -2.84. The molecule has 4 aromatic rings. The molecule has 0 radical (unpaired) electrons. The smallest absolute Gasteiger partial charge is 0.334 e. The maximum absolute atomic E-state index is 14.6. The minimum absolute atomic E-state index is 0.00596. The molecule has 2 aromatic heterocycles. The molecule has 0 unspecified atom stereocenters. The molecule has 1 atom stereocenters. The van der Waals surface area contributed by atoms with E-state index in [0.29, 0.717) is 4.68 Å². The van der Waals surface area contributed by atoms with E-state index in [4.69, 9.17) is 22.1 Å². The Morgan fingerprint density at radius 1 is 1.06 bits per heavy atom. The summed E-state index contributed by atoms with van der Waals surface area (Å²) in [6.45, 7) is -1.28. The second-order valence-corrected chi connectivity index (χ2v) is 6.82. The van der Waals surface area contributed by atoms with E-state index in [-0.39, 0.29) is 39.4 Å². The lowest BCUT2D eigenvalue weighted by Gasteiger charge is -2.16. The van der Waals surface area contributed by atoms with Gasteiger partial charge >= 0.3 is 6.55 Å². The molecule has 7 nitrogen and oxygen atoms in total. The first-order chi connectivity index (χ1) is 14.8. The number of aromatic nitrogens is 5. The zero-order chi connectivity index (χ0) is 22.3. The Kier molecular flexibility index (Phi) is 5.36. The van der Waals surface area contributed by atoms with Crippen LogP contribution in [-0.4, -0.2) is 24.7 Å². The van der Waals surface area contributed by atoms with Crippen molar-refractivity contribution in [3.8, 4) is 16.9 Å². The number of anilines is 1. The van der Waals surface area contributed by atoms with Gasteiger partial charge < -0.3 is 10.5 Å². The maximum Gasteiger partial charge on any atom is 0.334 e. The number of nitrogens with two attached hydrogens (primary N) is 1. The second kappa shape index (κ2) is 7.99. The molecule has 31 heavy (non-hydrogen) atoms. The summed E-state index contributed by atoms with van der Waals surface area (Å²) in [6, 6.07) is 5.24. The molecule has 12 heteroatoms. The van der Waals surface area contributed by atoms with Gasteiger partial charge in [-0.05, 0) is 31.2 Å². The topological polar surface area (TPSA) is 91.7 Å². The summed E-state index contributed by atoms with van der Waals surface area (Å²) >= 11 is 5.71. The third-order valence-corrected chi connectivity index (χ3v) is 4.84. The number of rotatable bonds is 5. The number of ether oxygens (including phenoxy) is 1. The van der Waals surface area contributed by atoms with Crippen molar-refractivity contribution < 1.29 is 22.3 Å². The predicted molar refractivity (Wildman–Crippen MR) is 105 cm³/mol. The van der Waals surface area contributed by atoms with Gasteiger partial charge in [-0.2, -0.15) is 13.5 Å². The molecule has 0 saturated carbocycles. The Labute approximate surface area is 177 Å². The molecule has 0 aliphatic rings. The summed E-state index contributed by atoms with van der Waals surface area (Å²) in [5.74, 6) is -1.60. The number of alkyl halides is 2. The van der Waals surface area contributed by atoms with Gasteiger partial charge in [0.25, 0.3) is 0 Å². The molecule has 2 aromatic carbocycles. The van der Waals surface area contributed by atoms with Crippen LogP contribution in [0.2, 0.25) is 5.02 Å². The van der Waals surface area contributed by atoms with Crippen molar-refractivity contribution in [1.82, 2.24) is 24.7 Å². The first kappa shape index (κ1) is 20.8. The summed E-state index contributed by atoms with van der Waals surface area (Å²) in [7, 11) is 0. The van der Waals surface area contributed by atoms with Crippen molar-refractivity contribution in [3.05, 3.63) is 59.4 Å². The predicted octanol–water partition coefficient (Wildman–Crippen LogP) is 4.94. The SMILES string of the molecule is C[C@H](Oc1ccc(-c2ccc(F)c(Cl)c2F)c2ncnc(N)c12)c1ncn(C(F)F)n1. The lowest BCUT2D eigenvalue weighted by molar-refractivity contribution is 0.0550. The van der Waals surface area contributed by atoms with Crippen LogP contribution in [0.15, 0.2) is 36.9 Å². The Hall–Kier alpha value is -3.47. The molecule has 0 saturated heterocycles. The van der Waals surface area contributed by atoms with Crippen LogP contribution < -0.4 is 10.5 Å². The fraction of sp³-hybridized carbons (Fsp3) is 0.158. The van der Waals surface area contributed by atoms with E-state index in [1.165, 1.54) is 24.5 Å². The minimum Gasteiger partial charge on any atom is -0.482 e. The number of nitrogens with zero attached hydrogens (tertiary/aromatic N) is 5. The molecule has 0 spiro atoms. The zero-order valence-corrected chi connectivity index (χ0v) is 16.5. The Morgan fingerprint density at radius 2 is 1.81 bits per heavy atom. The number of hydrogen-bond donors (Lipinski definition) is 1. The van der Waals surface area contributed by atoms with Gasteiger partial charge in [0.1, 0.15) is 35.1 Å². The van der Waals surface area contributed by atoms with Gasteiger partial charge in [-0.15, -0.1) is 5.10 Å². The Morgan fingerprint density at radius 3 is 2.52 bits per heavy atom. The summed E-state index contributed by atoms with van der Waals surface area (Å²) in [5.41, 5.74) is 6.52. The van der Waals surface area contributed by atoms with Gasteiger partial charge in [-0.25, -0.2) is 23.7 Å². The van der Waals surface area contributed by atoms with Crippen molar-refractivity contribution in [3.63, 3.8) is 0 Å². The van der Waals surface area contributed by atoms with Gasteiger partial charge in [0.2, 0.25) is 0 Å². The van der Waals surface area contributed by atoms with Gasteiger partial charge in [-0.3, -0.25) is 0 Å². The fourth-order valence-electron chi connectivity index (χ4n) is 3.03. The molecular weight excluding hydrogens is 440 g/mol. The summed E-state index contributed by atoms with van der Waals surface area (Å²) in [5, 5.41) is 3.27. The highest BCUT2D eigenvalue weighted by atomic mass is 35.5. The number of benzene rings is 2. The van der Waals surface area contributed by atoms with Crippen LogP contribution in [-0.2, 0) is 0 Å². The van der Waals surface area contributed by atoms with Crippen LogP contribution in [0, 0.1) is 11.6 Å². The van der Waals surface area contributed by atoms with Crippen LogP contribution in [0.1, 0.15) is 25.4 Å². The van der Waals surface area contributed by atoms with Crippen LogP contribution in [0.25, 0.3) is 22.0 Å². The number of hydrogen-bond acceptors (Lipinski definition) is 6. The van der Waals surface area contributed by atoms with E-state index in [1.54, 1.807) is 6.92 Å². The second-order valence-electron chi connectivity index (χ2n) is 6.44. The molecule has 2 heterocycles. The third kappa shape index (κ3) is 3.72. The van der Waals surface area contributed by atoms with E-state index in [1.807, 2.05) is 0 Å². The first-order valence-corrected chi connectivity index (χ1v) is 9.18. The highest BCUT2D eigenvalue weighted by molar-refractivity contribution is 6.31.